The number of anilines is 1. The molecule has 2 rings (SSSR count). The van der Waals surface area contributed by atoms with Crippen LogP contribution in [-0.2, 0) is 0 Å². The van der Waals surface area contributed by atoms with Crippen LogP contribution in [0.5, 0.6) is 5.75 Å². The molecule has 1 saturated heterocycles. The van der Waals surface area contributed by atoms with E-state index in [1.165, 1.54) is 0 Å². The fourth-order valence-corrected chi connectivity index (χ4v) is 2.49. The highest BCUT2D eigenvalue weighted by Gasteiger charge is 2.31. The number of rotatable bonds is 3. The number of benzene rings is 1. The highest BCUT2D eigenvalue weighted by molar-refractivity contribution is 5.58. The van der Waals surface area contributed by atoms with E-state index in [4.69, 9.17) is 10.5 Å². The topological polar surface area (TPSA) is 38.5 Å². The van der Waals surface area contributed by atoms with Crippen molar-refractivity contribution >= 4 is 5.69 Å². The molecule has 0 aliphatic carbocycles. The third kappa shape index (κ3) is 2.75. The van der Waals surface area contributed by atoms with Crippen LogP contribution in [0, 0.1) is 0 Å². The smallest absolute Gasteiger partial charge is 0.142 e. The molecule has 18 heavy (non-hydrogen) atoms. The molecule has 4 heteroatoms. The lowest BCUT2D eigenvalue weighted by Gasteiger charge is -2.25. The summed E-state index contributed by atoms with van der Waals surface area (Å²) >= 11 is 0. The number of methoxy groups -OCH3 is 1. The van der Waals surface area contributed by atoms with Crippen molar-refractivity contribution in [3.05, 3.63) is 24.3 Å². The van der Waals surface area contributed by atoms with Crippen molar-refractivity contribution in [3.63, 3.8) is 0 Å². The van der Waals surface area contributed by atoms with Crippen molar-refractivity contribution in [3.8, 4) is 5.75 Å². The number of alkyl halides is 1. The van der Waals surface area contributed by atoms with Crippen molar-refractivity contribution in [2.45, 2.75) is 24.9 Å². The van der Waals surface area contributed by atoms with Crippen LogP contribution in [0.15, 0.2) is 24.3 Å². The van der Waals surface area contributed by atoms with Crippen LogP contribution < -0.4 is 15.4 Å². The van der Waals surface area contributed by atoms with Gasteiger partial charge < -0.3 is 15.4 Å². The molecule has 0 bridgehead atoms. The predicted octanol–water partition coefficient (Wildman–Crippen LogP) is 2.35. The first-order chi connectivity index (χ1) is 8.68. The van der Waals surface area contributed by atoms with E-state index in [0.717, 1.165) is 24.4 Å². The van der Waals surface area contributed by atoms with Gasteiger partial charge in [-0.2, -0.15) is 0 Å². The summed E-state index contributed by atoms with van der Waals surface area (Å²) in [5.74, 6) is 0.844. The molecule has 0 amide bonds. The normalized spacial score (nSPS) is 24.7. The average Bonchev–Trinajstić information content (AvgIpc) is 2.61. The van der Waals surface area contributed by atoms with Crippen LogP contribution in [-0.4, -0.2) is 32.4 Å². The van der Waals surface area contributed by atoms with E-state index in [-0.39, 0.29) is 6.54 Å². The fourth-order valence-electron chi connectivity index (χ4n) is 2.49. The van der Waals surface area contributed by atoms with Gasteiger partial charge in [-0.25, -0.2) is 4.39 Å². The van der Waals surface area contributed by atoms with Gasteiger partial charge in [0.2, 0.25) is 0 Å². The van der Waals surface area contributed by atoms with E-state index in [0.29, 0.717) is 19.4 Å². The van der Waals surface area contributed by atoms with Gasteiger partial charge in [-0.1, -0.05) is 12.1 Å². The highest BCUT2D eigenvalue weighted by Crippen LogP contribution is 2.32. The molecule has 0 radical (unpaired) electrons. The summed E-state index contributed by atoms with van der Waals surface area (Å²) < 4.78 is 19.6. The van der Waals surface area contributed by atoms with E-state index in [2.05, 4.69) is 4.90 Å². The minimum Gasteiger partial charge on any atom is -0.495 e. The Morgan fingerprint density at radius 2 is 2.11 bits per heavy atom. The van der Waals surface area contributed by atoms with E-state index >= 15 is 0 Å². The van der Waals surface area contributed by atoms with Crippen molar-refractivity contribution in [1.82, 2.24) is 0 Å². The number of hydrogen-bond acceptors (Lipinski definition) is 3. The summed E-state index contributed by atoms with van der Waals surface area (Å²) in [6.45, 7) is 1.66. The maximum atomic E-state index is 14.3. The quantitative estimate of drug-likeness (QED) is 0.897. The minimum absolute atomic E-state index is 0.118. The molecule has 2 N–H and O–H groups in total. The van der Waals surface area contributed by atoms with Gasteiger partial charge in [-0.15, -0.1) is 0 Å². The number of hydrogen-bond donors (Lipinski definition) is 1. The molecule has 0 spiro atoms. The molecule has 3 nitrogen and oxygen atoms in total. The first-order valence-electron chi connectivity index (χ1n) is 6.45. The van der Waals surface area contributed by atoms with Crippen LogP contribution >= 0.6 is 0 Å². The summed E-state index contributed by atoms with van der Waals surface area (Å²) in [5, 5.41) is 0. The Balaban J connectivity index is 2.14. The van der Waals surface area contributed by atoms with Gasteiger partial charge in [-0.3, -0.25) is 0 Å². The first kappa shape index (κ1) is 13.1. The molecule has 1 aromatic carbocycles. The minimum atomic E-state index is -1.20. The second-order valence-electron chi connectivity index (χ2n) is 4.87. The van der Waals surface area contributed by atoms with Crippen LogP contribution in [0.4, 0.5) is 10.1 Å². The number of halogens is 1. The van der Waals surface area contributed by atoms with Gasteiger partial charge in [0.25, 0.3) is 0 Å². The Bertz CT molecular complexity index is 399. The second kappa shape index (κ2) is 5.57. The Kier molecular flexibility index (Phi) is 4.07. The number of nitrogens with zero attached hydrogens (tertiary/aromatic N) is 1. The third-order valence-corrected chi connectivity index (χ3v) is 3.67. The van der Waals surface area contributed by atoms with Crippen molar-refractivity contribution in [2.75, 3.05) is 31.6 Å². The van der Waals surface area contributed by atoms with Crippen LogP contribution in [0.25, 0.3) is 0 Å². The van der Waals surface area contributed by atoms with Gasteiger partial charge in [0.1, 0.15) is 11.4 Å². The van der Waals surface area contributed by atoms with Crippen molar-refractivity contribution in [2.24, 2.45) is 5.73 Å². The van der Waals surface area contributed by atoms with Crippen molar-refractivity contribution in [1.29, 1.82) is 0 Å². The first-order valence-corrected chi connectivity index (χ1v) is 6.45. The fraction of sp³-hybridized carbons (Fsp3) is 0.571. The van der Waals surface area contributed by atoms with E-state index in [9.17, 15) is 4.39 Å². The molecule has 100 valence electrons. The SMILES string of the molecule is COc1ccccc1N1CCCC(F)(CN)CC1. The molecule has 1 atom stereocenters. The van der Waals surface area contributed by atoms with Crippen LogP contribution in [0.1, 0.15) is 19.3 Å². The monoisotopic (exact) mass is 252 g/mol. The molecular formula is C14H21FN2O. The molecular weight excluding hydrogens is 231 g/mol. The van der Waals surface area contributed by atoms with Crippen LogP contribution in [0.2, 0.25) is 0 Å². The molecule has 0 saturated carbocycles. The van der Waals surface area contributed by atoms with Crippen LogP contribution in [0.3, 0.4) is 0 Å². The lowest BCUT2D eigenvalue weighted by Crippen LogP contribution is -2.34. The van der Waals surface area contributed by atoms with Gasteiger partial charge in [0, 0.05) is 26.1 Å². The summed E-state index contributed by atoms with van der Waals surface area (Å²) in [6.07, 6.45) is 1.86. The maximum absolute atomic E-state index is 14.3. The molecule has 1 fully saturated rings. The Morgan fingerprint density at radius 3 is 2.83 bits per heavy atom. The molecule has 1 aliphatic rings. The molecule has 1 aliphatic heterocycles. The zero-order valence-electron chi connectivity index (χ0n) is 10.9. The highest BCUT2D eigenvalue weighted by atomic mass is 19.1. The standard InChI is InChI=1S/C14H21FN2O/c1-18-13-6-3-2-5-12(13)17-9-4-7-14(15,11-16)8-10-17/h2-3,5-6H,4,7-11,16H2,1H3. The largest absolute Gasteiger partial charge is 0.495 e. The number of para-hydroxylation sites is 2. The number of ether oxygens (including phenoxy) is 1. The zero-order valence-corrected chi connectivity index (χ0v) is 10.9. The van der Waals surface area contributed by atoms with Gasteiger partial charge >= 0.3 is 0 Å². The molecule has 1 aromatic rings. The summed E-state index contributed by atoms with van der Waals surface area (Å²) in [5.41, 5.74) is 5.37. The molecule has 1 unspecified atom stereocenters. The van der Waals surface area contributed by atoms with Gasteiger partial charge in [-0.05, 0) is 25.0 Å². The zero-order chi connectivity index (χ0) is 13.0. The third-order valence-electron chi connectivity index (χ3n) is 3.67. The maximum Gasteiger partial charge on any atom is 0.142 e. The van der Waals surface area contributed by atoms with Crippen molar-refractivity contribution < 1.29 is 9.13 Å². The molecule has 0 aromatic heterocycles. The molecule has 1 heterocycles. The lowest BCUT2D eigenvalue weighted by atomic mass is 9.97. The lowest BCUT2D eigenvalue weighted by molar-refractivity contribution is 0.155. The summed E-state index contributed by atoms with van der Waals surface area (Å²) in [7, 11) is 1.66. The average molecular weight is 252 g/mol. The van der Waals surface area contributed by atoms with E-state index < -0.39 is 5.67 Å². The summed E-state index contributed by atoms with van der Waals surface area (Å²) in [4.78, 5) is 2.19. The second-order valence-corrected chi connectivity index (χ2v) is 4.87. The van der Waals surface area contributed by atoms with E-state index in [1.54, 1.807) is 7.11 Å². The van der Waals surface area contributed by atoms with Gasteiger partial charge in [0.15, 0.2) is 0 Å². The summed E-state index contributed by atoms with van der Waals surface area (Å²) in [6, 6.07) is 7.88. The number of nitrogens with two attached hydrogens (primary N) is 1. The Hall–Kier alpha value is -1.29. The predicted molar refractivity (Wildman–Crippen MR) is 72.0 cm³/mol. The van der Waals surface area contributed by atoms with E-state index in [1.807, 2.05) is 24.3 Å². The Labute approximate surface area is 108 Å². The van der Waals surface area contributed by atoms with Gasteiger partial charge in [0.05, 0.1) is 12.8 Å². The Morgan fingerprint density at radius 1 is 1.33 bits per heavy atom.